The van der Waals surface area contributed by atoms with Gasteiger partial charge >= 0.3 is 0 Å². The van der Waals surface area contributed by atoms with Crippen molar-refractivity contribution < 1.29 is 0 Å². The first-order valence-corrected chi connectivity index (χ1v) is 5.05. The predicted octanol–water partition coefficient (Wildman–Crippen LogP) is 0.703. The van der Waals surface area contributed by atoms with Crippen molar-refractivity contribution in [1.82, 2.24) is 10.2 Å². The van der Waals surface area contributed by atoms with Gasteiger partial charge in [0.05, 0.1) is 11.0 Å². The molecule has 0 fully saturated rings. The third-order valence-corrected chi connectivity index (χ3v) is 2.65. The van der Waals surface area contributed by atoms with Crippen molar-refractivity contribution in [3.8, 4) is 0 Å². The molecular weight excluding hydrogens is 188 g/mol. The van der Waals surface area contributed by atoms with E-state index in [-0.39, 0.29) is 0 Å². The Morgan fingerprint density at radius 2 is 2.58 bits per heavy atom. The fraction of sp³-hybridized carbons (Fsp3) is 0.625. The molecule has 1 heterocycles. The maximum absolute atomic E-state index is 5.25. The van der Waals surface area contributed by atoms with E-state index in [9.17, 15) is 0 Å². The second-order valence-electron chi connectivity index (χ2n) is 2.75. The minimum Gasteiger partial charge on any atom is -0.354 e. The summed E-state index contributed by atoms with van der Waals surface area (Å²) in [6.45, 7) is 1.72. The SMILES string of the molecule is CNCC(=S)N1CC=CC1CS. The van der Waals surface area contributed by atoms with Gasteiger partial charge in [0.1, 0.15) is 0 Å². The molecule has 12 heavy (non-hydrogen) atoms. The Kier molecular flexibility index (Phi) is 4.05. The molecule has 0 aromatic carbocycles. The molecule has 0 radical (unpaired) electrons. The third-order valence-electron chi connectivity index (χ3n) is 1.90. The Bertz CT molecular complexity index is 191. The molecule has 0 aromatic rings. The van der Waals surface area contributed by atoms with E-state index in [2.05, 4.69) is 35.0 Å². The molecule has 0 spiro atoms. The zero-order valence-electron chi connectivity index (χ0n) is 7.16. The molecule has 1 unspecified atom stereocenters. The van der Waals surface area contributed by atoms with Crippen molar-refractivity contribution in [2.24, 2.45) is 0 Å². The zero-order chi connectivity index (χ0) is 8.97. The molecule has 1 aliphatic heterocycles. The molecule has 0 saturated heterocycles. The van der Waals surface area contributed by atoms with Gasteiger partial charge in [0.25, 0.3) is 0 Å². The highest BCUT2D eigenvalue weighted by Crippen LogP contribution is 2.11. The summed E-state index contributed by atoms with van der Waals surface area (Å²) in [5.74, 6) is 0.834. The lowest BCUT2D eigenvalue weighted by molar-refractivity contribution is 0.447. The fourth-order valence-corrected chi connectivity index (χ4v) is 1.94. The highest BCUT2D eigenvalue weighted by molar-refractivity contribution is 7.80. The molecule has 0 aliphatic carbocycles. The average molecular weight is 202 g/mol. The first-order valence-electron chi connectivity index (χ1n) is 4.01. The van der Waals surface area contributed by atoms with Crippen molar-refractivity contribution in [2.45, 2.75) is 6.04 Å². The summed E-state index contributed by atoms with van der Waals surface area (Å²) >= 11 is 9.51. The number of likely N-dealkylation sites (N-methyl/N-ethyl adjacent to an activating group) is 1. The molecule has 1 N–H and O–H groups in total. The topological polar surface area (TPSA) is 15.3 Å². The molecular formula is C8H14N2S2. The lowest BCUT2D eigenvalue weighted by Crippen LogP contribution is -2.40. The van der Waals surface area contributed by atoms with Crippen molar-refractivity contribution in [3.63, 3.8) is 0 Å². The maximum Gasteiger partial charge on any atom is 0.0927 e. The number of nitrogens with one attached hydrogen (secondary N) is 1. The van der Waals surface area contributed by atoms with E-state index in [1.54, 1.807) is 0 Å². The van der Waals surface area contributed by atoms with E-state index >= 15 is 0 Å². The van der Waals surface area contributed by atoms with Gasteiger partial charge in [-0.25, -0.2) is 0 Å². The summed E-state index contributed by atoms with van der Waals surface area (Å²) in [6, 6.07) is 0.397. The molecule has 0 aromatic heterocycles. The van der Waals surface area contributed by atoms with Gasteiger partial charge in [-0.05, 0) is 7.05 Å². The quantitative estimate of drug-likeness (QED) is 0.398. The maximum atomic E-state index is 5.25. The van der Waals surface area contributed by atoms with Gasteiger partial charge in [0.2, 0.25) is 0 Å². The van der Waals surface area contributed by atoms with Crippen LogP contribution in [0, 0.1) is 0 Å². The minimum absolute atomic E-state index is 0.397. The van der Waals surface area contributed by atoms with Crippen molar-refractivity contribution in [1.29, 1.82) is 0 Å². The van der Waals surface area contributed by atoms with Crippen LogP contribution in [0.1, 0.15) is 0 Å². The number of rotatable bonds is 3. The fourth-order valence-electron chi connectivity index (χ4n) is 1.27. The molecule has 4 heteroatoms. The van der Waals surface area contributed by atoms with Crippen LogP contribution in [0.2, 0.25) is 0 Å². The Morgan fingerprint density at radius 3 is 3.17 bits per heavy atom. The second kappa shape index (κ2) is 4.84. The lowest BCUT2D eigenvalue weighted by Gasteiger charge is -2.25. The molecule has 2 nitrogen and oxygen atoms in total. The summed E-state index contributed by atoms with van der Waals surface area (Å²) in [5, 5.41) is 3.05. The Hall–Kier alpha value is -0.0600. The Morgan fingerprint density at radius 1 is 1.83 bits per heavy atom. The van der Waals surface area contributed by atoms with E-state index in [4.69, 9.17) is 12.2 Å². The van der Waals surface area contributed by atoms with E-state index in [0.717, 1.165) is 23.8 Å². The minimum atomic E-state index is 0.397. The van der Waals surface area contributed by atoms with Gasteiger partial charge in [0.15, 0.2) is 0 Å². The van der Waals surface area contributed by atoms with E-state index in [1.807, 2.05) is 7.05 Å². The van der Waals surface area contributed by atoms with Crippen LogP contribution in [-0.2, 0) is 0 Å². The van der Waals surface area contributed by atoms with Gasteiger partial charge in [-0.1, -0.05) is 24.4 Å². The summed E-state index contributed by atoms with van der Waals surface area (Å²) in [5.41, 5.74) is 0. The average Bonchev–Trinajstić information content (AvgIpc) is 2.51. The Labute approximate surface area is 84.4 Å². The molecule has 0 bridgehead atoms. The lowest BCUT2D eigenvalue weighted by atomic mass is 10.3. The van der Waals surface area contributed by atoms with Crippen LogP contribution in [0.25, 0.3) is 0 Å². The van der Waals surface area contributed by atoms with Crippen molar-refractivity contribution in [2.75, 3.05) is 25.9 Å². The highest BCUT2D eigenvalue weighted by Gasteiger charge is 2.19. The van der Waals surface area contributed by atoms with Crippen LogP contribution >= 0.6 is 24.8 Å². The van der Waals surface area contributed by atoms with Crippen LogP contribution in [-0.4, -0.2) is 41.8 Å². The monoisotopic (exact) mass is 202 g/mol. The third kappa shape index (κ3) is 2.21. The van der Waals surface area contributed by atoms with Crippen LogP contribution in [0.4, 0.5) is 0 Å². The van der Waals surface area contributed by atoms with Crippen molar-refractivity contribution in [3.05, 3.63) is 12.2 Å². The molecule has 0 saturated carbocycles. The molecule has 1 rings (SSSR count). The number of hydrogen-bond acceptors (Lipinski definition) is 3. The second-order valence-corrected chi connectivity index (χ2v) is 3.59. The summed E-state index contributed by atoms with van der Waals surface area (Å²) in [6.07, 6.45) is 4.30. The van der Waals surface area contributed by atoms with E-state index in [0.29, 0.717) is 6.04 Å². The highest BCUT2D eigenvalue weighted by atomic mass is 32.1. The number of thiol groups is 1. The summed E-state index contributed by atoms with van der Waals surface area (Å²) < 4.78 is 0. The first kappa shape index (κ1) is 10.0. The van der Waals surface area contributed by atoms with Gasteiger partial charge < -0.3 is 10.2 Å². The zero-order valence-corrected chi connectivity index (χ0v) is 8.87. The first-order chi connectivity index (χ1) is 5.79. The van der Waals surface area contributed by atoms with Crippen LogP contribution in [0.5, 0.6) is 0 Å². The summed E-state index contributed by atoms with van der Waals surface area (Å²) in [4.78, 5) is 3.17. The van der Waals surface area contributed by atoms with Crippen molar-refractivity contribution >= 4 is 29.8 Å². The van der Waals surface area contributed by atoms with Crippen LogP contribution in [0.3, 0.4) is 0 Å². The number of thiocarbonyl (C=S) groups is 1. The smallest absolute Gasteiger partial charge is 0.0927 e. The number of nitrogens with zero attached hydrogens (tertiary/aromatic N) is 1. The molecule has 68 valence electrons. The Balaban J connectivity index is 2.46. The predicted molar refractivity (Wildman–Crippen MR) is 60.0 cm³/mol. The van der Waals surface area contributed by atoms with E-state index < -0.39 is 0 Å². The molecule has 1 atom stereocenters. The van der Waals surface area contributed by atoms with Gasteiger partial charge in [0, 0.05) is 18.8 Å². The summed E-state index contributed by atoms with van der Waals surface area (Å²) in [7, 11) is 1.91. The van der Waals surface area contributed by atoms with Crippen LogP contribution in [0.15, 0.2) is 12.2 Å². The number of hydrogen-bond donors (Lipinski definition) is 2. The standard InChI is InChI=1S/C8H14N2S2/c1-9-5-8(12)10-4-2-3-7(10)6-11/h2-3,7,9,11H,4-6H2,1H3. The normalized spacial score (nSPS) is 21.8. The van der Waals surface area contributed by atoms with Gasteiger partial charge in [-0.15, -0.1) is 0 Å². The van der Waals surface area contributed by atoms with E-state index in [1.165, 1.54) is 0 Å². The van der Waals surface area contributed by atoms with Crippen LogP contribution < -0.4 is 5.32 Å². The molecule has 1 aliphatic rings. The van der Waals surface area contributed by atoms with Gasteiger partial charge in [-0.3, -0.25) is 0 Å². The van der Waals surface area contributed by atoms with Gasteiger partial charge in [-0.2, -0.15) is 12.6 Å². The largest absolute Gasteiger partial charge is 0.354 e. The molecule has 0 amide bonds.